The van der Waals surface area contributed by atoms with Crippen LogP contribution in [-0.2, 0) is 20.8 Å². The van der Waals surface area contributed by atoms with Crippen molar-refractivity contribution in [3.63, 3.8) is 0 Å². The number of carbonyl (C=O) groups is 1. The minimum Gasteiger partial charge on any atom is -0.491 e. The molecule has 1 aromatic carbocycles. The van der Waals surface area contributed by atoms with Crippen molar-refractivity contribution in [2.24, 2.45) is 5.92 Å². The Morgan fingerprint density at radius 2 is 1.96 bits per heavy atom. The minimum absolute atomic E-state index is 0.0667. The molecule has 1 saturated heterocycles. The van der Waals surface area contributed by atoms with Gasteiger partial charge < -0.3 is 19.5 Å². The van der Waals surface area contributed by atoms with Crippen LogP contribution in [0.4, 0.5) is 0 Å². The fraction of sp³-hybridized carbons (Fsp3) is 0.667. The van der Waals surface area contributed by atoms with Crippen LogP contribution in [0.3, 0.4) is 0 Å². The normalized spacial score (nSPS) is 21.9. The molecule has 6 heteroatoms. The summed E-state index contributed by atoms with van der Waals surface area (Å²) in [4.78, 5) is 15.2. The van der Waals surface area contributed by atoms with Crippen molar-refractivity contribution < 1.29 is 19.0 Å². The zero-order chi connectivity index (χ0) is 19.8. The summed E-state index contributed by atoms with van der Waals surface area (Å²) < 4.78 is 16.4. The second-order valence-electron chi connectivity index (χ2n) is 7.61. The lowest BCUT2D eigenvalue weighted by Gasteiger charge is -2.41. The molecule has 1 aromatic rings. The summed E-state index contributed by atoms with van der Waals surface area (Å²) in [5.74, 6) is 1.08. The molecule has 2 rings (SSSR count). The average Bonchev–Trinajstić information content (AvgIpc) is 2.59. The molecule has 1 aliphatic heterocycles. The Balaban J connectivity index is 1.95. The lowest BCUT2D eigenvalue weighted by atomic mass is 9.99. The third-order valence-corrected chi connectivity index (χ3v) is 4.66. The molecule has 27 heavy (non-hydrogen) atoms. The molecule has 1 aliphatic rings. The Labute approximate surface area is 163 Å². The van der Waals surface area contributed by atoms with E-state index in [0.717, 1.165) is 24.4 Å². The third kappa shape index (κ3) is 6.79. The van der Waals surface area contributed by atoms with Crippen molar-refractivity contribution in [3.8, 4) is 5.75 Å². The van der Waals surface area contributed by atoms with E-state index < -0.39 is 0 Å². The average molecular weight is 379 g/mol. The van der Waals surface area contributed by atoms with Gasteiger partial charge in [-0.05, 0) is 37.5 Å². The van der Waals surface area contributed by atoms with E-state index in [0.29, 0.717) is 19.8 Å². The van der Waals surface area contributed by atoms with Crippen LogP contribution in [0.15, 0.2) is 24.3 Å². The van der Waals surface area contributed by atoms with E-state index in [2.05, 4.69) is 37.9 Å². The number of ether oxygens (including phenoxy) is 3. The maximum absolute atomic E-state index is 12.9. The lowest BCUT2D eigenvalue weighted by molar-refractivity contribution is -0.135. The first-order valence-electron chi connectivity index (χ1n) is 9.78. The first-order valence-corrected chi connectivity index (χ1v) is 9.78. The number of hydrogen-bond donors (Lipinski definition) is 1. The van der Waals surface area contributed by atoms with Gasteiger partial charge in [0, 0.05) is 26.7 Å². The summed E-state index contributed by atoms with van der Waals surface area (Å²) in [6.45, 7) is 11.4. The fourth-order valence-corrected chi connectivity index (χ4v) is 3.62. The van der Waals surface area contributed by atoms with Gasteiger partial charge in [-0.2, -0.15) is 0 Å². The number of methoxy groups -OCH3 is 1. The highest BCUT2D eigenvalue weighted by atomic mass is 16.5. The first kappa shape index (κ1) is 21.7. The zero-order valence-electron chi connectivity index (χ0n) is 17.2. The molecule has 1 fully saturated rings. The molecule has 1 N–H and O–H groups in total. The molecular formula is C21H34N2O4. The fourth-order valence-electron chi connectivity index (χ4n) is 3.62. The summed E-state index contributed by atoms with van der Waals surface area (Å²) in [5, 5.41) is 3.10. The van der Waals surface area contributed by atoms with Gasteiger partial charge in [0.05, 0.1) is 24.9 Å². The second kappa shape index (κ2) is 10.6. The smallest absolute Gasteiger partial charge is 0.237 e. The summed E-state index contributed by atoms with van der Waals surface area (Å²) >= 11 is 0. The van der Waals surface area contributed by atoms with E-state index in [4.69, 9.17) is 14.2 Å². The highest BCUT2D eigenvalue weighted by Gasteiger charge is 2.33. The molecule has 1 amide bonds. The predicted octanol–water partition coefficient (Wildman–Crippen LogP) is 2.46. The maximum atomic E-state index is 12.9. The van der Waals surface area contributed by atoms with Crippen LogP contribution in [0, 0.1) is 5.92 Å². The Hall–Kier alpha value is -1.63. The summed E-state index contributed by atoms with van der Waals surface area (Å²) in [5.41, 5.74) is 1.02. The van der Waals surface area contributed by atoms with Crippen molar-refractivity contribution in [2.45, 2.75) is 52.5 Å². The van der Waals surface area contributed by atoms with E-state index in [1.807, 2.05) is 24.3 Å². The van der Waals surface area contributed by atoms with Gasteiger partial charge in [0.1, 0.15) is 12.4 Å². The molecule has 6 nitrogen and oxygen atoms in total. The van der Waals surface area contributed by atoms with Gasteiger partial charge in [0.25, 0.3) is 0 Å². The highest BCUT2D eigenvalue weighted by Crippen LogP contribution is 2.19. The van der Waals surface area contributed by atoms with Crippen LogP contribution in [0.1, 0.15) is 33.3 Å². The summed E-state index contributed by atoms with van der Waals surface area (Å²) in [6, 6.07) is 7.65. The molecule has 152 valence electrons. The van der Waals surface area contributed by atoms with Crippen molar-refractivity contribution in [2.75, 3.05) is 33.4 Å². The largest absolute Gasteiger partial charge is 0.491 e. The van der Waals surface area contributed by atoms with E-state index in [9.17, 15) is 4.79 Å². The summed E-state index contributed by atoms with van der Waals surface area (Å²) in [7, 11) is 1.65. The van der Waals surface area contributed by atoms with Crippen molar-refractivity contribution in [3.05, 3.63) is 29.8 Å². The van der Waals surface area contributed by atoms with Crippen LogP contribution in [0.2, 0.25) is 0 Å². The first-order chi connectivity index (χ1) is 12.9. The Bertz CT molecular complexity index is 583. The Morgan fingerprint density at radius 1 is 1.26 bits per heavy atom. The predicted molar refractivity (Wildman–Crippen MR) is 106 cm³/mol. The number of amides is 1. The van der Waals surface area contributed by atoms with E-state index in [-0.39, 0.29) is 30.1 Å². The molecule has 0 spiro atoms. The number of carbonyl (C=O) groups excluding carboxylic acids is 1. The highest BCUT2D eigenvalue weighted by molar-refractivity contribution is 5.82. The minimum atomic E-state index is -0.153. The number of nitrogens with one attached hydrogen (secondary N) is 1. The van der Waals surface area contributed by atoms with Gasteiger partial charge in [0.2, 0.25) is 5.91 Å². The maximum Gasteiger partial charge on any atom is 0.237 e. The van der Waals surface area contributed by atoms with Gasteiger partial charge in [-0.25, -0.2) is 0 Å². The van der Waals surface area contributed by atoms with Crippen molar-refractivity contribution in [1.29, 1.82) is 0 Å². The van der Waals surface area contributed by atoms with E-state index in [1.165, 1.54) is 0 Å². The molecule has 0 saturated carbocycles. The number of rotatable bonds is 9. The molecule has 3 unspecified atom stereocenters. The monoisotopic (exact) mass is 378 g/mol. The topological polar surface area (TPSA) is 60.0 Å². The van der Waals surface area contributed by atoms with Crippen LogP contribution in [-0.4, -0.2) is 62.5 Å². The molecule has 1 heterocycles. The second-order valence-corrected chi connectivity index (χ2v) is 7.61. The zero-order valence-corrected chi connectivity index (χ0v) is 17.2. The van der Waals surface area contributed by atoms with Crippen LogP contribution in [0.5, 0.6) is 5.75 Å². The van der Waals surface area contributed by atoms with E-state index in [1.54, 1.807) is 7.11 Å². The molecule has 0 aliphatic carbocycles. The quantitative estimate of drug-likeness (QED) is 0.669. The number of hydrogen-bond acceptors (Lipinski definition) is 5. The van der Waals surface area contributed by atoms with Crippen LogP contribution in [0.25, 0.3) is 0 Å². The van der Waals surface area contributed by atoms with Gasteiger partial charge >= 0.3 is 0 Å². The Kier molecular flexibility index (Phi) is 8.54. The Morgan fingerprint density at radius 3 is 2.59 bits per heavy atom. The van der Waals surface area contributed by atoms with Crippen molar-refractivity contribution >= 4 is 5.91 Å². The number of benzene rings is 1. The molecule has 0 aromatic heterocycles. The van der Waals surface area contributed by atoms with Gasteiger partial charge in [0.15, 0.2) is 0 Å². The van der Waals surface area contributed by atoms with Gasteiger partial charge in [-0.1, -0.05) is 26.0 Å². The van der Waals surface area contributed by atoms with Gasteiger partial charge in [-0.3, -0.25) is 9.69 Å². The number of morpholine rings is 1. The van der Waals surface area contributed by atoms with E-state index >= 15 is 0 Å². The van der Waals surface area contributed by atoms with Crippen LogP contribution < -0.4 is 10.1 Å². The standard InChI is InChI=1S/C21H34N2O4/c1-15(2)20(23-13-16(3)27-17(4)14-23)21(24)22-12-18-7-6-8-19(11-18)26-10-9-25-5/h6-8,11,15-17,20H,9-10,12-14H2,1-5H3,(H,22,24). The lowest BCUT2D eigenvalue weighted by Crippen LogP contribution is -2.56. The number of nitrogens with zero attached hydrogens (tertiary/aromatic N) is 1. The third-order valence-electron chi connectivity index (χ3n) is 4.66. The molecule has 0 bridgehead atoms. The van der Waals surface area contributed by atoms with Gasteiger partial charge in [-0.15, -0.1) is 0 Å². The van der Waals surface area contributed by atoms with Crippen molar-refractivity contribution in [1.82, 2.24) is 10.2 Å². The summed E-state index contributed by atoms with van der Waals surface area (Å²) in [6.07, 6.45) is 0.285. The molecule has 3 atom stereocenters. The SMILES string of the molecule is COCCOc1cccc(CNC(=O)C(C(C)C)N2CC(C)OC(C)C2)c1. The molecule has 0 radical (unpaired) electrons. The molecular weight excluding hydrogens is 344 g/mol. The van der Waals surface area contributed by atoms with Crippen LogP contribution >= 0.6 is 0 Å².